The predicted octanol–water partition coefficient (Wildman–Crippen LogP) is 1.55. The Hall–Kier alpha value is -1.13. The van der Waals surface area contributed by atoms with Crippen molar-refractivity contribution in [2.45, 2.75) is 6.42 Å². The summed E-state index contributed by atoms with van der Waals surface area (Å²) < 4.78 is 10.2. The van der Waals surface area contributed by atoms with E-state index < -0.39 is 0 Å². The molecule has 4 heteroatoms. The van der Waals surface area contributed by atoms with Gasteiger partial charge in [-0.2, -0.15) is 0 Å². The average molecular weight is 210 g/mol. The largest absolute Gasteiger partial charge is 0.385 e. The second kappa shape index (κ2) is 8.20. The molecule has 0 unspecified atom stereocenters. The second-order valence-corrected chi connectivity index (χ2v) is 3.12. The molecule has 0 saturated carbocycles. The number of pyridine rings is 1. The molecule has 1 heterocycles. The minimum Gasteiger partial charge on any atom is -0.385 e. The SMILES string of the molecule is COCCOCCCNc1ccncc1. The van der Waals surface area contributed by atoms with Crippen molar-refractivity contribution >= 4 is 5.69 Å². The minimum atomic E-state index is 0.664. The fourth-order valence-corrected chi connectivity index (χ4v) is 1.12. The van der Waals surface area contributed by atoms with Gasteiger partial charge in [-0.15, -0.1) is 0 Å². The molecule has 0 fully saturated rings. The van der Waals surface area contributed by atoms with E-state index in [4.69, 9.17) is 9.47 Å². The number of ether oxygens (including phenoxy) is 2. The lowest BCUT2D eigenvalue weighted by Crippen LogP contribution is -2.08. The Morgan fingerprint density at radius 2 is 2.00 bits per heavy atom. The highest BCUT2D eigenvalue weighted by molar-refractivity contribution is 5.40. The van der Waals surface area contributed by atoms with Crippen LogP contribution < -0.4 is 5.32 Å². The van der Waals surface area contributed by atoms with Gasteiger partial charge in [0.05, 0.1) is 13.2 Å². The molecule has 1 N–H and O–H groups in total. The van der Waals surface area contributed by atoms with Crippen molar-refractivity contribution in [3.05, 3.63) is 24.5 Å². The zero-order chi connectivity index (χ0) is 10.8. The van der Waals surface area contributed by atoms with Crippen molar-refractivity contribution in [1.29, 1.82) is 0 Å². The fourth-order valence-electron chi connectivity index (χ4n) is 1.12. The molecular formula is C11H18N2O2. The Morgan fingerprint density at radius 1 is 1.20 bits per heavy atom. The molecule has 0 bridgehead atoms. The summed E-state index contributed by atoms with van der Waals surface area (Å²) in [6, 6.07) is 3.90. The lowest BCUT2D eigenvalue weighted by Gasteiger charge is -2.06. The maximum absolute atomic E-state index is 5.33. The van der Waals surface area contributed by atoms with Crippen LogP contribution in [0.15, 0.2) is 24.5 Å². The van der Waals surface area contributed by atoms with Crippen molar-refractivity contribution in [2.24, 2.45) is 0 Å². The highest BCUT2D eigenvalue weighted by atomic mass is 16.5. The molecule has 0 aliphatic carbocycles. The van der Waals surface area contributed by atoms with E-state index in [1.807, 2.05) is 12.1 Å². The first-order valence-electron chi connectivity index (χ1n) is 5.14. The first-order valence-corrected chi connectivity index (χ1v) is 5.14. The number of aromatic nitrogens is 1. The molecule has 0 aliphatic rings. The molecule has 1 aromatic heterocycles. The molecule has 0 spiro atoms. The van der Waals surface area contributed by atoms with Gasteiger partial charge in [-0.25, -0.2) is 0 Å². The predicted molar refractivity (Wildman–Crippen MR) is 60.0 cm³/mol. The van der Waals surface area contributed by atoms with Crippen LogP contribution in [0.5, 0.6) is 0 Å². The quantitative estimate of drug-likeness (QED) is 0.661. The van der Waals surface area contributed by atoms with Crippen molar-refractivity contribution in [3.63, 3.8) is 0 Å². The summed E-state index contributed by atoms with van der Waals surface area (Å²) >= 11 is 0. The number of anilines is 1. The first kappa shape index (κ1) is 11.9. The van der Waals surface area contributed by atoms with Crippen molar-refractivity contribution in [3.8, 4) is 0 Å². The Kier molecular flexibility index (Phi) is 6.53. The van der Waals surface area contributed by atoms with E-state index in [0.29, 0.717) is 13.2 Å². The third kappa shape index (κ3) is 6.04. The van der Waals surface area contributed by atoms with E-state index in [1.54, 1.807) is 19.5 Å². The monoisotopic (exact) mass is 210 g/mol. The van der Waals surface area contributed by atoms with Gasteiger partial charge in [0.25, 0.3) is 0 Å². The summed E-state index contributed by atoms with van der Waals surface area (Å²) in [5.41, 5.74) is 1.10. The van der Waals surface area contributed by atoms with Gasteiger partial charge in [0.1, 0.15) is 0 Å². The number of hydrogen-bond donors (Lipinski definition) is 1. The van der Waals surface area contributed by atoms with Crippen LogP contribution >= 0.6 is 0 Å². The van der Waals surface area contributed by atoms with Gasteiger partial charge < -0.3 is 14.8 Å². The summed E-state index contributed by atoms with van der Waals surface area (Å²) in [5.74, 6) is 0. The van der Waals surface area contributed by atoms with Gasteiger partial charge in [0.15, 0.2) is 0 Å². The van der Waals surface area contributed by atoms with E-state index >= 15 is 0 Å². The summed E-state index contributed by atoms with van der Waals surface area (Å²) in [6.45, 7) is 3.02. The number of rotatable bonds is 8. The molecule has 0 amide bonds. The van der Waals surface area contributed by atoms with Crippen LogP contribution in [-0.2, 0) is 9.47 Å². The minimum absolute atomic E-state index is 0.664. The molecule has 4 nitrogen and oxygen atoms in total. The van der Waals surface area contributed by atoms with Gasteiger partial charge in [0.2, 0.25) is 0 Å². The Labute approximate surface area is 90.6 Å². The number of nitrogens with zero attached hydrogens (tertiary/aromatic N) is 1. The summed E-state index contributed by atoms with van der Waals surface area (Å²) in [5, 5.41) is 3.28. The van der Waals surface area contributed by atoms with Crippen LogP contribution in [-0.4, -0.2) is 38.5 Å². The lowest BCUT2D eigenvalue weighted by atomic mass is 10.4. The van der Waals surface area contributed by atoms with Gasteiger partial charge >= 0.3 is 0 Å². The maximum atomic E-state index is 5.33. The zero-order valence-corrected chi connectivity index (χ0v) is 9.11. The first-order chi connectivity index (χ1) is 7.43. The Morgan fingerprint density at radius 3 is 2.73 bits per heavy atom. The summed E-state index contributed by atoms with van der Waals surface area (Å²) in [4.78, 5) is 3.94. The topological polar surface area (TPSA) is 43.4 Å². The molecule has 0 atom stereocenters. The Bertz CT molecular complexity index is 242. The van der Waals surface area contributed by atoms with Crippen molar-refractivity contribution in [1.82, 2.24) is 4.98 Å². The van der Waals surface area contributed by atoms with E-state index in [1.165, 1.54) is 0 Å². The van der Waals surface area contributed by atoms with Crippen LogP contribution in [0.2, 0.25) is 0 Å². The molecule has 0 saturated heterocycles. The van der Waals surface area contributed by atoms with E-state index in [0.717, 1.165) is 25.3 Å². The normalized spacial score (nSPS) is 10.2. The highest BCUT2D eigenvalue weighted by Crippen LogP contribution is 2.02. The van der Waals surface area contributed by atoms with Gasteiger partial charge in [0, 0.05) is 38.3 Å². The molecule has 0 aromatic carbocycles. The van der Waals surface area contributed by atoms with Crippen molar-refractivity contribution in [2.75, 3.05) is 38.8 Å². The molecule has 1 rings (SSSR count). The fraction of sp³-hybridized carbons (Fsp3) is 0.545. The third-order valence-electron chi connectivity index (χ3n) is 1.91. The van der Waals surface area contributed by atoms with E-state index in [-0.39, 0.29) is 0 Å². The smallest absolute Gasteiger partial charge is 0.0700 e. The van der Waals surface area contributed by atoms with Gasteiger partial charge in [-0.05, 0) is 18.6 Å². The van der Waals surface area contributed by atoms with Crippen LogP contribution in [0, 0.1) is 0 Å². The number of methoxy groups -OCH3 is 1. The Balaban J connectivity index is 1.93. The van der Waals surface area contributed by atoms with Crippen LogP contribution in [0.4, 0.5) is 5.69 Å². The van der Waals surface area contributed by atoms with Crippen LogP contribution in [0.1, 0.15) is 6.42 Å². The lowest BCUT2D eigenvalue weighted by molar-refractivity contribution is 0.0705. The standard InChI is InChI=1S/C11H18N2O2/c1-14-9-10-15-8-2-5-13-11-3-6-12-7-4-11/h3-4,6-7H,2,5,8-10H2,1H3,(H,12,13). The highest BCUT2D eigenvalue weighted by Gasteiger charge is 1.91. The van der Waals surface area contributed by atoms with E-state index in [9.17, 15) is 0 Å². The van der Waals surface area contributed by atoms with Crippen LogP contribution in [0.3, 0.4) is 0 Å². The maximum Gasteiger partial charge on any atom is 0.0700 e. The zero-order valence-electron chi connectivity index (χ0n) is 9.11. The van der Waals surface area contributed by atoms with Gasteiger partial charge in [-0.1, -0.05) is 0 Å². The summed E-state index contributed by atoms with van der Waals surface area (Å²) in [7, 11) is 1.67. The molecule has 0 radical (unpaired) electrons. The average Bonchev–Trinajstić information content (AvgIpc) is 2.29. The third-order valence-corrected chi connectivity index (χ3v) is 1.91. The molecule has 15 heavy (non-hydrogen) atoms. The van der Waals surface area contributed by atoms with E-state index in [2.05, 4.69) is 10.3 Å². The molecular weight excluding hydrogens is 192 g/mol. The molecule has 0 aliphatic heterocycles. The van der Waals surface area contributed by atoms with Crippen molar-refractivity contribution < 1.29 is 9.47 Å². The molecule has 84 valence electrons. The summed E-state index contributed by atoms with van der Waals surface area (Å²) in [6.07, 6.45) is 4.54. The number of nitrogens with one attached hydrogen (secondary N) is 1. The number of hydrogen-bond acceptors (Lipinski definition) is 4. The second-order valence-electron chi connectivity index (χ2n) is 3.12. The van der Waals surface area contributed by atoms with Gasteiger partial charge in [-0.3, -0.25) is 4.98 Å². The van der Waals surface area contributed by atoms with Crippen LogP contribution in [0.25, 0.3) is 0 Å². The molecule has 1 aromatic rings.